The van der Waals surface area contributed by atoms with E-state index in [1.165, 1.54) is 0 Å². The first-order chi connectivity index (χ1) is 10.1. The number of nitrogens with one attached hydrogen (secondary N) is 2. The maximum atomic E-state index is 11.5. The Balaban J connectivity index is 1.85. The third-order valence-corrected chi connectivity index (χ3v) is 7.53. The molecule has 2 fully saturated rings. The number of hydrogen-bond acceptors (Lipinski definition) is 4. The van der Waals surface area contributed by atoms with Crippen LogP contribution in [0.15, 0.2) is 4.99 Å². The minimum Gasteiger partial charge on any atom is -0.378 e. The Morgan fingerprint density at radius 1 is 1.36 bits per heavy atom. The van der Waals surface area contributed by atoms with Gasteiger partial charge < -0.3 is 15.4 Å². The van der Waals surface area contributed by atoms with E-state index in [2.05, 4.69) is 36.4 Å². The smallest absolute Gasteiger partial charge is 0.191 e. The van der Waals surface area contributed by atoms with Crippen molar-refractivity contribution < 1.29 is 13.2 Å². The molecule has 1 saturated heterocycles. The highest BCUT2D eigenvalue weighted by Gasteiger charge is 2.58. The molecule has 0 amide bonds. The van der Waals surface area contributed by atoms with Gasteiger partial charge in [0.1, 0.15) is 0 Å². The topological polar surface area (TPSA) is 79.8 Å². The van der Waals surface area contributed by atoms with Crippen LogP contribution >= 0.6 is 0 Å². The Morgan fingerprint density at radius 3 is 2.50 bits per heavy atom. The molecule has 2 N–H and O–H groups in total. The predicted octanol–water partition coefficient (Wildman–Crippen LogP) is 0.790. The number of hydrogen-bond donors (Lipinski definition) is 2. The van der Waals surface area contributed by atoms with E-state index in [0.29, 0.717) is 12.3 Å². The fourth-order valence-electron chi connectivity index (χ4n) is 3.36. The molecule has 7 heteroatoms. The normalized spacial score (nSPS) is 36.7. The molecule has 2 rings (SSSR count). The van der Waals surface area contributed by atoms with Crippen LogP contribution in [0.5, 0.6) is 0 Å². The Labute approximate surface area is 134 Å². The molecule has 22 heavy (non-hydrogen) atoms. The number of nitrogens with zero attached hydrogens (tertiary/aromatic N) is 1. The van der Waals surface area contributed by atoms with Crippen LogP contribution in [0.2, 0.25) is 0 Å². The maximum Gasteiger partial charge on any atom is 0.191 e. The molecule has 0 radical (unpaired) electrons. The number of sulfone groups is 1. The van der Waals surface area contributed by atoms with Crippen LogP contribution < -0.4 is 10.6 Å². The third-order valence-electron chi connectivity index (χ3n) is 5.70. The highest BCUT2D eigenvalue weighted by atomic mass is 32.2. The SMILES string of the molecule is CN=C(NCC1CCS(=O)(=O)C1)NC1CC(C)(OC)C1(C)C. The monoisotopic (exact) mass is 331 g/mol. The van der Waals surface area contributed by atoms with Crippen LogP contribution in [0.3, 0.4) is 0 Å². The number of ether oxygens (including phenoxy) is 1. The molecule has 6 nitrogen and oxygen atoms in total. The lowest BCUT2D eigenvalue weighted by Crippen LogP contribution is -2.69. The van der Waals surface area contributed by atoms with Crippen molar-refractivity contribution in [3.8, 4) is 0 Å². The molecule has 1 heterocycles. The van der Waals surface area contributed by atoms with Gasteiger partial charge in [0.25, 0.3) is 0 Å². The van der Waals surface area contributed by atoms with E-state index >= 15 is 0 Å². The van der Waals surface area contributed by atoms with Gasteiger partial charge in [-0.2, -0.15) is 0 Å². The van der Waals surface area contributed by atoms with Gasteiger partial charge in [-0.25, -0.2) is 8.42 Å². The van der Waals surface area contributed by atoms with Crippen molar-refractivity contribution in [3.63, 3.8) is 0 Å². The summed E-state index contributed by atoms with van der Waals surface area (Å²) < 4.78 is 28.6. The second kappa shape index (κ2) is 6.00. The van der Waals surface area contributed by atoms with Crippen LogP contribution in [-0.2, 0) is 14.6 Å². The highest BCUT2D eigenvalue weighted by molar-refractivity contribution is 7.91. The van der Waals surface area contributed by atoms with E-state index in [4.69, 9.17) is 4.74 Å². The quantitative estimate of drug-likeness (QED) is 0.588. The first-order valence-electron chi connectivity index (χ1n) is 7.86. The fourth-order valence-corrected chi connectivity index (χ4v) is 5.22. The standard InChI is InChI=1S/C15H29N3O3S/c1-14(2)12(8-15(14,3)21-5)18-13(16-4)17-9-11-6-7-22(19,20)10-11/h11-12H,6-10H2,1-5H3,(H2,16,17,18). The summed E-state index contributed by atoms with van der Waals surface area (Å²) in [5.41, 5.74) is -0.112. The largest absolute Gasteiger partial charge is 0.378 e. The molecule has 1 aliphatic heterocycles. The molecule has 2 aliphatic rings. The lowest BCUT2D eigenvalue weighted by Gasteiger charge is -2.59. The van der Waals surface area contributed by atoms with Gasteiger partial charge in [-0.15, -0.1) is 0 Å². The number of rotatable bonds is 4. The Bertz CT molecular complexity index is 544. The Morgan fingerprint density at radius 2 is 2.05 bits per heavy atom. The molecule has 1 saturated carbocycles. The zero-order valence-corrected chi connectivity index (χ0v) is 15.1. The average Bonchev–Trinajstić information content (AvgIpc) is 2.81. The summed E-state index contributed by atoms with van der Waals surface area (Å²) in [6.07, 6.45) is 1.66. The summed E-state index contributed by atoms with van der Waals surface area (Å²) in [7, 11) is 0.673. The average molecular weight is 331 g/mol. The molecular weight excluding hydrogens is 302 g/mol. The van der Waals surface area contributed by atoms with E-state index in [1.807, 2.05) is 0 Å². The van der Waals surface area contributed by atoms with Crippen LogP contribution in [0.1, 0.15) is 33.6 Å². The van der Waals surface area contributed by atoms with Crippen molar-refractivity contribution in [2.75, 3.05) is 32.2 Å². The van der Waals surface area contributed by atoms with Crippen molar-refractivity contribution >= 4 is 15.8 Å². The van der Waals surface area contributed by atoms with Crippen molar-refractivity contribution in [1.29, 1.82) is 0 Å². The Hall–Kier alpha value is -0.820. The summed E-state index contributed by atoms with van der Waals surface area (Å²) in [4.78, 5) is 4.25. The molecule has 0 bridgehead atoms. The number of methoxy groups -OCH3 is 1. The predicted molar refractivity (Wildman–Crippen MR) is 88.9 cm³/mol. The second-order valence-corrected chi connectivity index (χ2v) is 9.51. The maximum absolute atomic E-state index is 11.5. The first-order valence-corrected chi connectivity index (χ1v) is 9.68. The van der Waals surface area contributed by atoms with Gasteiger partial charge in [0.15, 0.2) is 15.8 Å². The van der Waals surface area contributed by atoms with Gasteiger partial charge in [-0.3, -0.25) is 4.99 Å². The van der Waals surface area contributed by atoms with E-state index < -0.39 is 9.84 Å². The molecule has 0 spiro atoms. The van der Waals surface area contributed by atoms with E-state index in [0.717, 1.165) is 18.8 Å². The van der Waals surface area contributed by atoms with E-state index in [1.54, 1.807) is 14.2 Å². The van der Waals surface area contributed by atoms with Gasteiger partial charge in [0, 0.05) is 32.2 Å². The van der Waals surface area contributed by atoms with Gasteiger partial charge in [-0.1, -0.05) is 13.8 Å². The first kappa shape index (κ1) is 17.5. The van der Waals surface area contributed by atoms with Gasteiger partial charge in [-0.05, 0) is 25.7 Å². The molecule has 128 valence electrons. The lowest BCUT2D eigenvalue weighted by atomic mass is 9.56. The molecule has 0 aromatic rings. The van der Waals surface area contributed by atoms with Crippen molar-refractivity contribution in [2.45, 2.75) is 45.3 Å². The van der Waals surface area contributed by atoms with Crippen molar-refractivity contribution in [1.82, 2.24) is 10.6 Å². The second-order valence-electron chi connectivity index (χ2n) is 7.28. The number of aliphatic imine (C=N–C) groups is 1. The highest BCUT2D eigenvalue weighted by Crippen LogP contribution is 2.51. The summed E-state index contributed by atoms with van der Waals surface area (Å²) in [6, 6.07) is 0.288. The van der Waals surface area contributed by atoms with E-state index in [-0.39, 0.29) is 28.7 Å². The lowest BCUT2D eigenvalue weighted by molar-refractivity contribution is -0.176. The van der Waals surface area contributed by atoms with Gasteiger partial charge >= 0.3 is 0 Å². The minimum atomic E-state index is -2.82. The van der Waals surface area contributed by atoms with Crippen LogP contribution in [0.25, 0.3) is 0 Å². The van der Waals surface area contributed by atoms with E-state index in [9.17, 15) is 8.42 Å². The molecular formula is C15H29N3O3S. The molecule has 0 aromatic heterocycles. The Kier molecular flexibility index (Phi) is 4.78. The zero-order chi connectivity index (χ0) is 16.6. The molecule has 0 aromatic carbocycles. The molecule has 3 atom stereocenters. The van der Waals surface area contributed by atoms with Crippen LogP contribution in [0.4, 0.5) is 0 Å². The van der Waals surface area contributed by atoms with Gasteiger partial charge in [0.2, 0.25) is 0 Å². The summed E-state index contributed by atoms with van der Waals surface area (Å²) in [6.45, 7) is 7.15. The zero-order valence-electron chi connectivity index (χ0n) is 14.3. The third kappa shape index (κ3) is 3.25. The van der Waals surface area contributed by atoms with Crippen molar-refractivity contribution in [3.05, 3.63) is 0 Å². The summed E-state index contributed by atoms with van der Waals surface area (Å²) in [5.74, 6) is 1.52. The summed E-state index contributed by atoms with van der Waals surface area (Å²) >= 11 is 0. The molecule has 3 unspecified atom stereocenters. The van der Waals surface area contributed by atoms with Gasteiger partial charge in [0.05, 0.1) is 17.1 Å². The van der Waals surface area contributed by atoms with Crippen molar-refractivity contribution in [2.24, 2.45) is 16.3 Å². The summed E-state index contributed by atoms with van der Waals surface area (Å²) in [5, 5.41) is 6.70. The molecule has 1 aliphatic carbocycles. The van der Waals surface area contributed by atoms with Crippen LogP contribution in [0, 0.1) is 11.3 Å². The minimum absolute atomic E-state index is 0.00999. The fraction of sp³-hybridized carbons (Fsp3) is 0.933. The van der Waals surface area contributed by atoms with Crippen LogP contribution in [-0.4, -0.2) is 58.2 Å². The number of guanidine groups is 1.